The largest absolute Gasteiger partial charge is 0.370 e. The summed E-state index contributed by atoms with van der Waals surface area (Å²) >= 11 is 0. The molecule has 0 spiro atoms. The van der Waals surface area contributed by atoms with E-state index in [0.29, 0.717) is 17.1 Å². The normalized spacial score (nSPS) is 11.2. The summed E-state index contributed by atoms with van der Waals surface area (Å²) in [5, 5.41) is 12.4. The molecule has 0 radical (unpaired) electrons. The molecule has 0 aliphatic carbocycles. The Morgan fingerprint density at radius 3 is 2.67 bits per heavy atom. The maximum Gasteiger partial charge on any atom is 0.255 e. The molecule has 0 saturated heterocycles. The van der Waals surface area contributed by atoms with Gasteiger partial charge in [-0.05, 0) is 19.1 Å². The highest BCUT2D eigenvalue weighted by Gasteiger charge is 2.19. The summed E-state index contributed by atoms with van der Waals surface area (Å²) in [6.07, 6.45) is 3.20. The zero-order valence-electron chi connectivity index (χ0n) is 12.8. The van der Waals surface area contributed by atoms with Crippen molar-refractivity contribution in [3.8, 4) is 0 Å². The number of aromatic amines is 1. The van der Waals surface area contributed by atoms with Crippen molar-refractivity contribution in [1.29, 1.82) is 0 Å². The van der Waals surface area contributed by atoms with Crippen LogP contribution in [0.2, 0.25) is 0 Å². The van der Waals surface area contributed by atoms with Crippen LogP contribution < -0.4 is 10.6 Å². The van der Waals surface area contributed by atoms with E-state index >= 15 is 0 Å². The van der Waals surface area contributed by atoms with E-state index in [-0.39, 0.29) is 11.3 Å². The van der Waals surface area contributed by atoms with Gasteiger partial charge in [-0.3, -0.25) is 9.89 Å². The van der Waals surface area contributed by atoms with Gasteiger partial charge in [-0.15, -0.1) is 0 Å². The monoisotopic (exact) mass is 287 g/mol. The van der Waals surface area contributed by atoms with E-state index < -0.39 is 0 Å². The summed E-state index contributed by atoms with van der Waals surface area (Å²) in [6.45, 7) is 8.97. The van der Waals surface area contributed by atoms with Gasteiger partial charge in [0, 0.05) is 29.4 Å². The van der Waals surface area contributed by atoms with Gasteiger partial charge in [0.05, 0.1) is 11.9 Å². The predicted molar refractivity (Wildman–Crippen MR) is 83.6 cm³/mol. The lowest BCUT2D eigenvalue weighted by Gasteiger charge is -2.20. The van der Waals surface area contributed by atoms with E-state index in [1.807, 2.05) is 13.0 Å². The Labute approximate surface area is 124 Å². The van der Waals surface area contributed by atoms with Gasteiger partial charge in [-0.1, -0.05) is 20.8 Å². The molecule has 3 N–H and O–H groups in total. The number of carbonyl (C=O) groups is 1. The van der Waals surface area contributed by atoms with E-state index in [4.69, 9.17) is 0 Å². The van der Waals surface area contributed by atoms with E-state index in [1.165, 1.54) is 0 Å². The zero-order valence-corrected chi connectivity index (χ0v) is 12.8. The maximum absolute atomic E-state index is 12.3. The highest BCUT2D eigenvalue weighted by Crippen LogP contribution is 2.23. The average Bonchev–Trinajstić information content (AvgIpc) is 2.90. The first kappa shape index (κ1) is 15.0. The van der Waals surface area contributed by atoms with Gasteiger partial charge in [0.25, 0.3) is 5.91 Å². The van der Waals surface area contributed by atoms with E-state index in [2.05, 4.69) is 46.6 Å². The van der Waals surface area contributed by atoms with Crippen LogP contribution in [-0.4, -0.2) is 27.6 Å². The number of amides is 1. The molecule has 0 aliphatic heterocycles. The molecule has 2 aromatic heterocycles. The van der Waals surface area contributed by atoms with E-state index in [0.717, 1.165) is 12.2 Å². The third-order valence-corrected chi connectivity index (χ3v) is 2.97. The second kappa shape index (κ2) is 5.95. The molecule has 0 unspecified atom stereocenters. The number of pyridine rings is 1. The lowest BCUT2D eigenvalue weighted by molar-refractivity contribution is 0.102. The smallest absolute Gasteiger partial charge is 0.255 e. The third kappa shape index (κ3) is 3.81. The lowest BCUT2D eigenvalue weighted by Crippen LogP contribution is -2.18. The van der Waals surface area contributed by atoms with Crippen LogP contribution in [0.25, 0.3) is 0 Å². The molecule has 21 heavy (non-hydrogen) atoms. The Kier molecular flexibility index (Phi) is 4.26. The van der Waals surface area contributed by atoms with Crippen LogP contribution in [0, 0.1) is 0 Å². The number of hydrogen-bond acceptors (Lipinski definition) is 4. The van der Waals surface area contributed by atoms with Crippen molar-refractivity contribution in [1.82, 2.24) is 15.2 Å². The summed E-state index contributed by atoms with van der Waals surface area (Å²) in [5.74, 6) is 0.533. The SMILES string of the molecule is CCNc1cc(C(=O)Nc2cn[nH]c2)cc(C(C)(C)C)n1. The van der Waals surface area contributed by atoms with Crippen molar-refractivity contribution in [2.45, 2.75) is 33.1 Å². The van der Waals surface area contributed by atoms with Crippen LogP contribution in [0.5, 0.6) is 0 Å². The van der Waals surface area contributed by atoms with Crippen LogP contribution in [0.3, 0.4) is 0 Å². The van der Waals surface area contributed by atoms with Crippen LogP contribution in [-0.2, 0) is 5.41 Å². The fourth-order valence-corrected chi connectivity index (χ4v) is 1.84. The average molecular weight is 287 g/mol. The second-order valence-electron chi connectivity index (χ2n) is 5.85. The van der Waals surface area contributed by atoms with Gasteiger partial charge in [0.1, 0.15) is 5.82 Å². The van der Waals surface area contributed by atoms with Gasteiger partial charge >= 0.3 is 0 Å². The van der Waals surface area contributed by atoms with E-state index in [9.17, 15) is 4.79 Å². The Morgan fingerprint density at radius 2 is 2.10 bits per heavy atom. The molecule has 112 valence electrons. The fraction of sp³-hybridized carbons (Fsp3) is 0.400. The first-order valence-corrected chi connectivity index (χ1v) is 6.96. The third-order valence-electron chi connectivity index (χ3n) is 2.97. The van der Waals surface area contributed by atoms with Crippen molar-refractivity contribution in [2.24, 2.45) is 0 Å². The van der Waals surface area contributed by atoms with Gasteiger partial charge < -0.3 is 10.6 Å². The molecule has 2 heterocycles. The molecule has 6 nitrogen and oxygen atoms in total. The van der Waals surface area contributed by atoms with Gasteiger partial charge in [-0.2, -0.15) is 5.10 Å². The first-order chi connectivity index (χ1) is 9.90. The van der Waals surface area contributed by atoms with Crippen molar-refractivity contribution in [2.75, 3.05) is 17.2 Å². The predicted octanol–water partition coefficient (Wildman–Crippen LogP) is 2.79. The fourth-order valence-electron chi connectivity index (χ4n) is 1.84. The zero-order chi connectivity index (χ0) is 15.5. The first-order valence-electron chi connectivity index (χ1n) is 6.96. The molecule has 0 aliphatic rings. The second-order valence-corrected chi connectivity index (χ2v) is 5.85. The highest BCUT2D eigenvalue weighted by molar-refractivity contribution is 6.04. The Bertz CT molecular complexity index is 613. The minimum atomic E-state index is -0.177. The molecule has 0 aromatic carbocycles. The van der Waals surface area contributed by atoms with E-state index in [1.54, 1.807) is 18.5 Å². The quantitative estimate of drug-likeness (QED) is 0.807. The molecule has 2 rings (SSSR count). The van der Waals surface area contributed by atoms with Crippen molar-refractivity contribution < 1.29 is 4.79 Å². The number of anilines is 2. The van der Waals surface area contributed by atoms with Crippen LogP contribution in [0.1, 0.15) is 43.7 Å². The molecule has 0 fully saturated rings. The lowest BCUT2D eigenvalue weighted by atomic mass is 9.90. The van der Waals surface area contributed by atoms with Crippen LogP contribution in [0.4, 0.5) is 11.5 Å². The molecule has 0 bridgehead atoms. The Hall–Kier alpha value is -2.37. The summed E-state index contributed by atoms with van der Waals surface area (Å²) in [5.41, 5.74) is 1.96. The topological polar surface area (TPSA) is 82.7 Å². The summed E-state index contributed by atoms with van der Waals surface area (Å²) in [6, 6.07) is 3.59. The van der Waals surface area contributed by atoms with Gasteiger partial charge in [0.15, 0.2) is 0 Å². The number of nitrogens with zero attached hydrogens (tertiary/aromatic N) is 2. The van der Waals surface area contributed by atoms with Gasteiger partial charge in [0.2, 0.25) is 0 Å². The van der Waals surface area contributed by atoms with Gasteiger partial charge in [-0.25, -0.2) is 4.98 Å². The number of carbonyl (C=O) groups excluding carboxylic acids is 1. The minimum Gasteiger partial charge on any atom is -0.370 e. The molecule has 2 aromatic rings. The van der Waals surface area contributed by atoms with Crippen molar-refractivity contribution in [3.05, 3.63) is 35.8 Å². The number of aromatic nitrogens is 3. The molecule has 0 atom stereocenters. The Balaban J connectivity index is 2.33. The molecule has 1 amide bonds. The summed E-state index contributed by atoms with van der Waals surface area (Å²) < 4.78 is 0. The number of rotatable bonds is 4. The number of nitrogens with one attached hydrogen (secondary N) is 3. The molecule has 6 heteroatoms. The standard InChI is InChI=1S/C15H21N5O/c1-5-16-13-7-10(6-12(20-13)15(2,3)4)14(21)19-11-8-17-18-9-11/h6-9H,5H2,1-4H3,(H,16,20)(H,17,18)(H,19,21). The molecular formula is C15H21N5O. The van der Waals surface area contributed by atoms with Crippen LogP contribution >= 0.6 is 0 Å². The summed E-state index contributed by atoms with van der Waals surface area (Å²) in [7, 11) is 0. The minimum absolute atomic E-state index is 0.129. The Morgan fingerprint density at radius 1 is 1.33 bits per heavy atom. The van der Waals surface area contributed by atoms with Crippen molar-refractivity contribution in [3.63, 3.8) is 0 Å². The van der Waals surface area contributed by atoms with Crippen LogP contribution in [0.15, 0.2) is 24.5 Å². The maximum atomic E-state index is 12.3. The number of H-pyrrole nitrogens is 1. The molecule has 0 saturated carbocycles. The summed E-state index contributed by atoms with van der Waals surface area (Å²) in [4.78, 5) is 16.9. The van der Waals surface area contributed by atoms with Crippen molar-refractivity contribution >= 4 is 17.4 Å². The molecular weight excluding hydrogens is 266 g/mol. The number of hydrogen-bond donors (Lipinski definition) is 3. The highest BCUT2D eigenvalue weighted by atomic mass is 16.1.